The Bertz CT molecular complexity index is 1100. The number of likely N-dealkylation sites (tertiary alicyclic amines) is 1. The van der Waals surface area contributed by atoms with Gasteiger partial charge in [0.25, 0.3) is 0 Å². The average Bonchev–Trinajstić information content (AvgIpc) is 3.31. The third-order valence-electron chi connectivity index (χ3n) is 12.3. The molecule has 5 N–H and O–H groups in total. The van der Waals surface area contributed by atoms with Gasteiger partial charge in [-0.15, -0.1) is 0 Å². The van der Waals surface area contributed by atoms with E-state index in [2.05, 4.69) is 13.8 Å². The molecule has 5 aliphatic rings. The third-order valence-corrected chi connectivity index (χ3v) is 12.3. The van der Waals surface area contributed by atoms with Gasteiger partial charge in [0, 0.05) is 23.9 Å². The lowest BCUT2D eigenvalue weighted by atomic mass is 9.42. The Morgan fingerprint density at radius 2 is 1.84 bits per heavy atom. The zero-order valence-corrected chi connectivity index (χ0v) is 22.0. The van der Waals surface area contributed by atoms with Crippen LogP contribution in [0.25, 0.3) is 0 Å². The van der Waals surface area contributed by atoms with E-state index in [9.17, 15) is 24.9 Å². The second kappa shape index (κ2) is 8.55. The van der Waals surface area contributed by atoms with E-state index >= 15 is 0 Å². The topological polar surface area (TPSA) is 137 Å². The van der Waals surface area contributed by atoms with Crippen LogP contribution in [-0.2, 0) is 0 Å². The Morgan fingerprint density at radius 1 is 1.05 bits per heavy atom. The third kappa shape index (κ3) is 3.51. The van der Waals surface area contributed by atoms with Gasteiger partial charge in [-0.2, -0.15) is 0 Å². The van der Waals surface area contributed by atoms with Crippen molar-refractivity contribution in [3.8, 4) is 0 Å². The minimum Gasteiger partial charge on any atom is -0.465 e. The molecule has 1 aromatic rings. The lowest BCUT2D eigenvalue weighted by molar-refractivity contribution is -0.204. The zero-order chi connectivity index (χ0) is 26.3. The summed E-state index contributed by atoms with van der Waals surface area (Å²) >= 11 is 0. The first-order chi connectivity index (χ1) is 17.5. The SMILES string of the molecule is C[C@@]12CCC(C3[C@@H](N)C[C@H](O)N3C(=O)O)CC1CC[C@@H]1[C@@H]2CC[C@]2(C)[C@@H](c3ccc(=O)oc3)CC[C@]12O. The molecule has 4 aliphatic carbocycles. The molecule has 3 unspecified atom stereocenters. The van der Waals surface area contributed by atoms with Crippen molar-refractivity contribution in [3.05, 3.63) is 34.4 Å². The van der Waals surface area contributed by atoms with E-state index in [0.29, 0.717) is 18.3 Å². The molecular formula is C29H42N2O6. The first-order valence-corrected chi connectivity index (χ1v) is 14.3. The number of rotatable bonds is 2. The van der Waals surface area contributed by atoms with Crippen molar-refractivity contribution < 1.29 is 24.5 Å². The number of fused-ring (bicyclic) bond motifs is 5. The Hall–Kier alpha value is -1.90. The van der Waals surface area contributed by atoms with Crippen LogP contribution < -0.4 is 11.4 Å². The Labute approximate surface area is 218 Å². The molecule has 8 nitrogen and oxygen atoms in total. The van der Waals surface area contributed by atoms with Gasteiger partial charge < -0.3 is 25.5 Å². The number of carbonyl (C=O) groups is 1. The number of aliphatic hydroxyl groups excluding tert-OH is 1. The number of hydrogen-bond donors (Lipinski definition) is 4. The number of hydrogen-bond acceptors (Lipinski definition) is 6. The summed E-state index contributed by atoms with van der Waals surface area (Å²) in [5.74, 6) is 1.51. The van der Waals surface area contributed by atoms with Gasteiger partial charge in [0.15, 0.2) is 0 Å². The second-order valence-corrected chi connectivity index (χ2v) is 13.4. The highest BCUT2D eigenvalue weighted by molar-refractivity contribution is 5.66. The maximum absolute atomic E-state index is 12.4. The molecule has 204 valence electrons. The molecule has 37 heavy (non-hydrogen) atoms. The summed E-state index contributed by atoms with van der Waals surface area (Å²) in [7, 11) is 0. The average molecular weight is 515 g/mol. The number of amides is 1. The largest absolute Gasteiger partial charge is 0.465 e. The fourth-order valence-electron chi connectivity index (χ4n) is 10.4. The number of nitrogens with two attached hydrogens (primary N) is 1. The van der Waals surface area contributed by atoms with Gasteiger partial charge in [-0.3, -0.25) is 4.90 Å². The van der Waals surface area contributed by atoms with E-state index in [1.54, 1.807) is 6.26 Å². The van der Waals surface area contributed by atoms with Gasteiger partial charge >= 0.3 is 11.7 Å². The molecule has 1 saturated heterocycles. The van der Waals surface area contributed by atoms with E-state index in [0.717, 1.165) is 63.4 Å². The molecule has 1 aliphatic heterocycles. The van der Waals surface area contributed by atoms with Crippen molar-refractivity contribution in [3.63, 3.8) is 0 Å². The summed E-state index contributed by atoms with van der Waals surface area (Å²) in [4.78, 5) is 24.7. The van der Waals surface area contributed by atoms with Gasteiger partial charge in [0.2, 0.25) is 0 Å². The van der Waals surface area contributed by atoms with Crippen molar-refractivity contribution in [2.75, 3.05) is 0 Å². The molecule has 0 spiro atoms. The highest BCUT2D eigenvalue weighted by Gasteiger charge is 2.67. The van der Waals surface area contributed by atoms with Gasteiger partial charge in [-0.25, -0.2) is 9.59 Å². The van der Waals surface area contributed by atoms with Crippen LogP contribution >= 0.6 is 0 Å². The van der Waals surface area contributed by atoms with Crippen molar-refractivity contribution in [2.45, 2.75) is 108 Å². The number of nitrogens with zero attached hydrogens (tertiary/aromatic N) is 1. The fraction of sp³-hybridized carbons (Fsp3) is 0.793. The van der Waals surface area contributed by atoms with Crippen LogP contribution in [0.3, 0.4) is 0 Å². The van der Waals surface area contributed by atoms with Crippen LogP contribution in [0.5, 0.6) is 0 Å². The second-order valence-electron chi connectivity index (χ2n) is 13.4. The molecule has 5 fully saturated rings. The Kier molecular flexibility index (Phi) is 5.87. The van der Waals surface area contributed by atoms with Gasteiger partial charge in [0.05, 0.1) is 17.9 Å². The van der Waals surface area contributed by atoms with Crippen molar-refractivity contribution in [2.24, 2.45) is 40.2 Å². The molecule has 1 amide bonds. The molecular weight excluding hydrogens is 472 g/mol. The molecule has 0 radical (unpaired) electrons. The van der Waals surface area contributed by atoms with Crippen molar-refractivity contribution in [1.82, 2.24) is 4.90 Å². The van der Waals surface area contributed by atoms with Crippen LogP contribution in [0.15, 0.2) is 27.6 Å². The predicted molar refractivity (Wildman–Crippen MR) is 137 cm³/mol. The molecule has 0 aromatic carbocycles. The summed E-state index contributed by atoms with van der Waals surface area (Å²) < 4.78 is 5.21. The van der Waals surface area contributed by atoms with E-state index in [1.807, 2.05) is 6.07 Å². The molecule has 11 atom stereocenters. The first kappa shape index (κ1) is 25.4. The van der Waals surface area contributed by atoms with Gasteiger partial charge in [-0.1, -0.05) is 13.8 Å². The highest BCUT2D eigenvalue weighted by atomic mass is 16.4. The highest BCUT2D eigenvalue weighted by Crippen LogP contribution is 2.71. The lowest BCUT2D eigenvalue weighted by Crippen LogP contribution is -2.62. The minimum absolute atomic E-state index is 0.115. The van der Waals surface area contributed by atoms with Crippen LogP contribution in [0.2, 0.25) is 0 Å². The molecule has 8 heteroatoms. The first-order valence-electron chi connectivity index (χ1n) is 14.3. The molecule has 1 aromatic heterocycles. The van der Waals surface area contributed by atoms with Gasteiger partial charge in [-0.05, 0) is 104 Å². The van der Waals surface area contributed by atoms with Crippen LogP contribution in [-0.4, -0.2) is 50.2 Å². The predicted octanol–water partition coefficient (Wildman–Crippen LogP) is 3.90. The Morgan fingerprint density at radius 3 is 2.54 bits per heavy atom. The normalized spacial score (nSPS) is 49.3. The minimum atomic E-state index is -1.08. The number of carboxylic acid groups (broad SMARTS) is 1. The zero-order valence-electron chi connectivity index (χ0n) is 22.0. The van der Waals surface area contributed by atoms with Gasteiger partial charge in [0.1, 0.15) is 6.23 Å². The summed E-state index contributed by atoms with van der Waals surface area (Å²) in [5, 5.41) is 32.5. The van der Waals surface area contributed by atoms with E-state index in [1.165, 1.54) is 11.0 Å². The lowest BCUT2D eigenvalue weighted by Gasteiger charge is -2.64. The summed E-state index contributed by atoms with van der Waals surface area (Å²) in [6.45, 7) is 4.68. The van der Waals surface area contributed by atoms with Crippen LogP contribution in [0, 0.1) is 34.5 Å². The maximum atomic E-state index is 12.4. The van der Waals surface area contributed by atoms with Crippen LogP contribution in [0.1, 0.15) is 89.5 Å². The summed E-state index contributed by atoms with van der Waals surface area (Å²) in [5.41, 5.74) is 6.19. The fourth-order valence-corrected chi connectivity index (χ4v) is 10.4. The van der Waals surface area contributed by atoms with E-state index < -0.39 is 17.9 Å². The van der Waals surface area contributed by atoms with Crippen molar-refractivity contribution >= 4 is 6.09 Å². The van der Waals surface area contributed by atoms with Crippen LogP contribution in [0.4, 0.5) is 4.79 Å². The van der Waals surface area contributed by atoms with E-state index in [4.69, 9.17) is 10.2 Å². The molecule has 0 bridgehead atoms. The number of aliphatic hydroxyl groups is 2. The molecule has 2 heterocycles. The monoisotopic (exact) mass is 514 g/mol. The Balaban J connectivity index is 1.24. The van der Waals surface area contributed by atoms with E-state index in [-0.39, 0.29) is 46.3 Å². The maximum Gasteiger partial charge on any atom is 0.409 e. The molecule has 4 saturated carbocycles. The quantitative estimate of drug-likeness (QED) is 0.470. The smallest absolute Gasteiger partial charge is 0.409 e. The summed E-state index contributed by atoms with van der Waals surface area (Å²) in [6, 6.07) is 2.72. The molecule has 6 rings (SSSR count). The standard InChI is InChI=1S/C29H42N2O6/c1-27-10-7-16(25-22(30)14-23(32)31(25)26(34)35)13-18(27)4-5-21-20(27)8-11-28(2)19(9-12-29(21,28)36)17-3-6-24(33)37-15-17/h3,6,15-16,18-23,25,32,36H,4-5,7-14,30H2,1-2H3,(H,34,35)/t16?,18?,19-,20+,21-,22+,23+,25?,27-,28-,29+/m1/s1. The van der Waals surface area contributed by atoms with Crippen molar-refractivity contribution in [1.29, 1.82) is 0 Å². The summed E-state index contributed by atoms with van der Waals surface area (Å²) in [6.07, 6.45) is 8.40.